The smallest absolute Gasteiger partial charge is 0.279 e. The quantitative estimate of drug-likeness (QED) is 0.719. The molecule has 0 aliphatic heterocycles. The van der Waals surface area contributed by atoms with Crippen LogP contribution in [-0.4, -0.2) is 32.0 Å². The van der Waals surface area contributed by atoms with E-state index in [1.807, 2.05) is 63.4 Å². The number of rotatable bonds is 6. The second-order valence-corrected chi connectivity index (χ2v) is 8.48. The van der Waals surface area contributed by atoms with E-state index in [1.165, 1.54) is 5.56 Å². The number of hydrogen-bond acceptors (Lipinski definition) is 2. The van der Waals surface area contributed by atoms with Crippen LogP contribution in [0.15, 0.2) is 42.5 Å². The maximum atomic E-state index is 12.3. The lowest BCUT2D eigenvalue weighted by molar-refractivity contribution is -0.862. The van der Waals surface area contributed by atoms with Gasteiger partial charge in [-0.15, -0.1) is 0 Å². The van der Waals surface area contributed by atoms with Crippen LogP contribution >= 0.6 is 0 Å². The van der Waals surface area contributed by atoms with Gasteiger partial charge >= 0.3 is 0 Å². The molecular weight excluding hydrogens is 350 g/mol. The van der Waals surface area contributed by atoms with Gasteiger partial charge in [0.1, 0.15) is 0 Å². The molecule has 0 aliphatic rings. The molecule has 0 aliphatic carbocycles. The maximum Gasteiger partial charge on any atom is 0.279 e. The Balaban J connectivity index is 1.85. The first-order valence-electron chi connectivity index (χ1n) is 9.64. The van der Waals surface area contributed by atoms with E-state index in [1.54, 1.807) is 0 Å². The summed E-state index contributed by atoms with van der Waals surface area (Å²) in [5, 5.41) is 5.83. The fourth-order valence-electron chi connectivity index (χ4n) is 2.95. The van der Waals surface area contributed by atoms with Gasteiger partial charge in [-0.2, -0.15) is 0 Å². The van der Waals surface area contributed by atoms with Crippen LogP contribution in [0, 0.1) is 13.8 Å². The lowest BCUT2D eigenvalue weighted by Crippen LogP contribution is -3.11. The molecule has 0 spiro atoms. The van der Waals surface area contributed by atoms with Crippen molar-refractivity contribution in [1.82, 2.24) is 0 Å². The molecule has 150 valence electrons. The zero-order valence-electron chi connectivity index (χ0n) is 17.8. The fraction of sp³-hybridized carbons (Fsp3) is 0.391. The largest absolute Gasteiger partial charge is 0.322 e. The molecule has 5 heteroatoms. The predicted molar refractivity (Wildman–Crippen MR) is 115 cm³/mol. The molecule has 0 saturated heterocycles. The van der Waals surface area contributed by atoms with Crippen LogP contribution in [0.5, 0.6) is 0 Å². The molecule has 0 saturated carbocycles. The molecule has 28 heavy (non-hydrogen) atoms. The molecule has 0 radical (unpaired) electrons. The minimum absolute atomic E-state index is 0.0793. The van der Waals surface area contributed by atoms with E-state index in [-0.39, 0.29) is 30.3 Å². The zero-order chi connectivity index (χ0) is 20.9. The first-order valence-corrected chi connectivity index (χ1v) is 9.64. The fourth-order valence-corrected chi connectivity index (χ4v) is 2.95. The summed E-state index contributed by atoms with van der Waals surface area (Å²) in [4.78, 5) is 25.4. The molecule has 0 fully saturated rings. The summed E-state index contributed by atoms with van der Waals surface area (Å²) >= 11 is 0. The molecule has 2 aromatic rings. The zero-order valence-corrected chi connectivity index (χ0v) is 17.8. The van der Waals surface area contributed by atoms with E-state index in [9.17, 15) is 9.59 Å². The van der Waals surface area contributed by atoms with Crippen LogP contribution in [0.4, 0.5) is 11.4 Å². The van der Waals surface area contributed by atoms with E-state index in [4.69, 9.17) is 0 Å². The lowest BCUT2D eigenvalue weighted by Gasteiger charge is -2.19. The summed E-state index contributed by atoms with van der Waals surface area (Å²) in [5.41, 5.74) is 5.08. The van der Waals surface area contributed by atoms with Crippen LogP contribution in [0.3, 0.4) is 0 Å². The number of anilines is 2. The number of nitrogens with one attached hydrogen (secondary N) is 3. The highest BCUT2D eigenvalue weighted by Gasteiger charge is 2.16. The van der Waals surface area contributed by atoms with Crippen LogP contribution in [-0.2, 0) is 15.0 Å². The van der Waals surface area contributed by atoms with Gasteiger partial charge in [0.05, 0.1) is 7.05 Å². The monoisotopic (exact) mass is 382 g/mol. The van der Waals surface area contributed by atoms with Crippen molar-refractivity contribution in [3.63, 3.8) is 0 Å². The Hall–Kier alpha value is -2.66. The first kappa shape index (κ1) is 21.6. The van der Waals surface area contributed by atoms with Gasteiger partial charge in [-0.05, 0) is 54.2 Å². The van der Waals surface area contributed by atoms with Crippen LogP contribution in [0.25, 0.3) is 0 Å². The van der Waals surface area contributed by atoms with Gasteiger partial charge < -0.3 is 15.5 Å². The van der Waals surface area contributed by atoms with Gasteiger partial charge in [0, 0.05) is 11.4 Å². The van der Waals surface area contributed by atoms with Gasteiger partial charge in [0.25, 0.3) is 11.8 Å². The minimum Gasteiger partial charge on any atom is -0.322 e. The molecule has 2 aromatic carbocycles. The van der Waals surface area contributed by atoms with Gasteiger partial charge in [-0.3, -0.25) is 9.59 Å². The molecule has 0 bridgehead atoms. The highest BCUT2D eigenvalue weighted by molar-refractivity contribution is 5.93. The average molecular weight is 383 g/mol. The van der Waals surface area contributed by atoms with Gasteiger partial charge in [0.2, 0.25) is 0 Å². The van der Waals surface area contributed by atoms with Crippen LogP contribution < -0.4 is 15.5 Å². The Morgan fingerprint density at radius 1 is 0.893 bits per heavy atom. The number of aryl methyl sites for hydroxylation is 1. The Bertz CT molecular complexity index is 836. The average Bonchev–Trinajstić information content (AvgIpc) is 2.58. The molecule has 3 N–H and O–H groups in total. The Morgan fingerprint density at radius 2 is 1.46 bits per heavy atom. The lowest BCUT2D eigenvalue weighted by atomic mass is 9.87. The van der Waals surface area contributed by atoms with E-state index < -0.39 is 0 Å². The van der Waals surface area contributed by atoms with Gasteiger partial charge in [-0.1, -0.05) is 45.0 Å². The number of amides is 2. The summed E-state index contributed by atoms with van der Waals surface area (Å²) in [7, 11) is 1.84. The number of quaternary nitrogens is 1. The summed E-state index contributed by atoms with van der Waals surface area (Å²) in [5.74, 6) is -0.214. The second-order valence-electron chi connectivity index (χ2n) is 8.48. The van der Waals surface area contributed by atoms with Crippen molar-refractivity contribution in [3.8, 4) is 0 Å². The van der Waals surface area contributed by atoms with Crippen LogP contribution in [0.2, 0.25) is 0 Å². The molecule has 1 unspecified atom stereocenters. The number of likely N-dealkylation sites (N-methyl/N-ethyl adjacent to an activating group) is 1. The highest BCUT2D eigenvalue weighted by Crippen LogP contribution is 2.23. The highest BCUT2D eigenvalue weighted by atomic mass is 16.2. The van der Waals surface area contributed by atoms with Crippen molar-refractivity contribution in [2.24, 2.45) is 0 Å². The molecule has 1 atom stereocenters. The van der Waals surface area contributed by atoms with Gasteiger partial charge in [0.15, 0.2) is 13.1 Å². The molecule has 0 heterocycles. The molecular formula is C23H32N3O2+. The Morgan fingerprint density at radius 3 is 2.04 bits per heavy atom. The topological polar surface area (TPSA) is 62.6 Å². The van der Waals surface area contributed by atoms with E-state index in [0.29, 0.717) is 0 Å². The number of hydrogen-bond donors (Lipinski definition) is 3. The maximum absolute atomic E-state index is 12.3. The second kappa shape index (κ2) is 9.02. The van der Waals surface area contributed by atoms with E-state index in [2.05, 4.69) is 31.4 Å². The molecule has 2 amide bonds. The van der Waals surface area contributed by atoms with Gasteiger partial charge in [-0.25, -0.2) is 0 Å². The predicted octanol–water partition coefficient (Wildman–Crippen LogP) is 2.69. The number of benzene rings is 2. The van der Waals surface area contributed by atoms with Crippen molar-refractivity contribution in [1.29, 1.82) is 0 Å². The summed E-state index contributed by atoms with van der Waals surface area (Å²) in [6.45, 7) is 10.9. The number of carbonyl (C=O) groups is 2. The van der Waals surface area contributed by atoms with E-state index in [0.717, 1.165) is 27.4 Å². The van der Waals surface area contributed by atoms with E-state index >= 15 is 0 Å². The van der Waals surface area contributed by atoms with Crippen molar-refractivity contribution in [3.05, 3.63) is 59.2 Å². The minimum atomic E-state index is -0.111. The third-order valence-electron chi connectivity index (χ3n) is 4.84. The summed E-state index contributed by atoms with van der Waals surface area (Å²) in [6.07, 6.45) is 0. The molecule has 2 rings (SSSR count). The Labute approximate surface area is 168 Å². The number of carbonyl (C=O) groups excluding carboxylic acids is 2. The molecule has 5 nitrogen and oxygen atoms in total. The first-order chi connectivity index (χ1) is 13.1. The third kappa shape index (κ3) is 6.20. The summed E-state index contributed by atoms with van der Waals surface area (Å²) in [6, 6.07) is 13.7. The SMILES string of the molecule is Cc1cccc(NC(=O)C[NH+](C)CC(=O)Nc2ccc(C(C)(C)C)cc2)c1C. The van der Waals surface area contributed by atoms with Crippen molar-refractivity contribution >= 4 is 23.2 Å². The normalized spacial score (nSPS) is 12.4. The Kier molecular flexibility index (Phi) is 6.97. The molecule has 0 aromatic heterocycles. The third-order valence-corrected chi connectivity index (χ3v) is 4.84. The van der Waals surface area contributed by atoms with Crippen LogP contribution in [0.1, 0.15) is 37.5 Å². The van der Waals surface area contributed by atoms with Crippen molar-refractivity contribution in [2.75, 3.05) is 30.8 Å². The van der Waals surface area contributed by atoms with Crippen molar-refractivity contribution in [2.45, 2.75) is 40.0 Å². The standard InChI is InChI=1S/C23H31N3O2/c1-16-8-7-9-20(17(16)2)25-22(28)15-26(6)14-21(27)24-19-12-10-18(11-13-19)23(3,4)5/h7-13H,14-15H2,1-6H3,(H,24,27)(H,25,28)/p+1. The van der Waals surface area contributed by atoms with Crippen molar-refractivity contribution < 1.29 is 14.5 Å². The summed E-state index contributed by atoms with van der Waals surface area (Å²) < 4.78 is 0.